The van der Waals surface area contributed by atoms with Gasteiger partial charge in [0.15, 0.2) is 0 Å². The third-order valence-corrected chi connectivity index (χ3v) is 3.12. The number of nitrogen functional groups attached to an aromatic ring is 1. The Morgan fingerprint density at radius 3 is 1.91 bits per heavy atom. The summed E-state index contributed by atoms with van der Waals surface area (Å²) < 4.78 is 0. The van der Waals surface area contributed by atoms with Gasteiger partial charge in [-0.1, -0.05) is 29.3 Å². The van der Waals surface area contributed by atoms with Gasteiger partial charge < -0.3 is 5.73 Å². The van der Waals surface area contributed by atoms with Gasteiger partial charge in [-0.3, -0.25) is 19.7 Å². The van der Waals surface area contributed by atoms with Crippen LogP contribution in [0.2, 0.25) is 10.0 Å². The number of hydrogen-bond acceptors (Lipinski definition) is 5. The fourth-order valence-corrected chi connectivity index (χ4v) is 1.68. The highest BCUT2D eigenvalue weighted by molar-refractivity contribution is 6.33. The fraction of sp³-hybridized carbons (Fsp3) is 0. The summed E-state index contributed by atoms with van der Waals surface area (Å²) in [4.78, 5) is 30.1. The molecule has 0 aliphatic heterocycles. The fourth-order valence-electron chi connectivity index (χ4n) is 1.38. The number of carbonyl (C=O) groups is 2. The van der Waals surface area contributed by atoms with E-state index in [1.54, 1.807) is 12.1 Å². The number of carbonyl (C=O) groups excluding carboxylic acids is 2. The van der Waals surface area contributed by atoms with Gasteiger partial charge in [0, 0.05) is 17.2 Å². The second-order valence-electron chi connectivity index (χ2n) is 3.98. The number of anilines is 1. The van der Waals surface area contributed by atoms with Crippen LogP contribution < -0.4 is 5.73 Å². The van der Waals surface area contributed by atoms with Crippen LogP contribution in [0.15, 0.2) is 36.4 Å². The van der Waals surface area contributed by atoms with E-state index in [4.69, 9.17) is 28.9 Å². The van der Waals surface area contributed by atoms with E-state index in [0.29, 0.717) is 22.6 Å². The highest BCUT2D eigenvalue weighted by Gasteiger charge is 2.11. The lowest BCUT2D eigenvalue weighted by atomic mass is 10.2. The molecule has 0 saturated heterocycles. The van der Waals surface area contributed by atoms with Crippen LogP contribution >= 0.6 is 23.2 Å². The van der Waals surface area contributed by atoms with Crippen molar-refractivity contribution in [2.45, 2.75) is 0 Å². The first-order chi connectivity index (χ1) is 10.4. The van der Waals surface area contributed by atoms with Gasteiger partial charge in [-0.15, -0.1) is 0 Å². The molecule has 0 aliphatic carbocycles. The number of hydrogen-bond donors (Lipinski definition) is 1. The molecule has 0 fully saturated rings. The van der Waals surface area contributed by atoms with Crippen molar-refractivity contribution < 1.29 is 14.5 Å². The van der Waals surface area contributed by atoms with Crippen LogP contribution in [0.5, 0.6) is 0 Å². The lowest BCUT2D eigenvalue weighted by molar-refractivity contribution is -0.384. The quantitative estimate of drug-likeness (QED) is 0.396. The molecule has 0 heterocycles. The van der Waals surface area contributed by atoms with Gasteiger partial charge >= 0.3 is 0 Å². The summed E-state index contributed by atoms with van der Waals surface area (Å²) in [5, 5.41) is 10.8. The molecule has 2 N–H and O–H groups in total. The smallest absolute Gasteiger partial charge is 0.288 e. The predicted octanol–water partition coefficient (Wildman–Crippen LogP) is 3.80. The molecule has 0 atom stereocenters. The number of nitrogens with two attached hydrogens (primary N) is 1. The molecular formula is C14H10Cl2N2O4. The average molecular weight is 341 g/mol. The van der Waals surface area contributed by atoms with E-state index in [1.807, 2.05) is 0 Å². The molecule has 2 aromatic carbocycles. The molecular weight excluding hydrogens is 331 g/mol. The number of nitro benzene ring substituents is 1. The molecule has 0 bridgehead atoms. The predicted molar refractivity (Wildman–Crippen MR) is 84.7 cm³/mol. The summed E-state index contributed by atoms with van der Waals surface area (Å²) in [6.07, 6.45) is 1.26. The summed E-state index contributed by atoms with van der Waals surface area (Å²) in [5.41, 5.74) is 6.38. The highest BCUT2D eigenvalue weighted by Crippen LogP contribution is 2.24. The Bertz CT molecular complexity index is 720. The van der Waals surface area contributed by atoms with Crippen molar-refractivity contribution in [3.63, 3.8) is 0 Å². The standard InChI is InChI=1S/C7H4ClNO3.C7H6ClNO/c8-6-2-1-5(4-10)3-7(6)9(11)12;8-6-2-1-5(4-10)3-7(6)9/h1-4H;1-4H,9H2. The summed E-state index contributed by atoms with van der Waals surface area (Å²) in [7, 11) is 0. The minimum Gasteiger partial charge on any atom is -0.398 e. The zero-order valence-electron chi connectivity index (χ0n) is 11.0. The number of nitro groups is 1. The van der Waals surface area contributed by atoms with Crippen molar-refractivity contribution in [3.8, 4) is 0 Å². The Morgan fingerprint density at radius 2 is 1.45 bits per heavy atom. The first kappa shape index (κ1) is 17.6. The molecule has 0 saturated carbocycles. The van der Waals surface area contributed by atoms with Crippen LogP contribution in [-0.4, -0.2) is 17.5 Å². The average Bonchev–Trinajstić information content (AvgIpc) is 2.51. The number of benzene rings is 2. The van der Waals surface area contributed by atoms with Gasteiger partial charge in [0.25, 0.3) is 5.69 Å². The Balaban J connectivity index is 0.000000224. The van der Waals surface area contributed by atoms with Gasteiger partial charge in [0.2, 0.25) is 0 Å². The second-order valence-corrected chi connectivity index (χ2v) is 4.80. The maximum atomic E-state index is 10.3. The van der Waals surface area contributed by atoms with Gasteiger partial charge in [0.1, 0.15) is 17.6 Å². The van der Waals surface area contributed by atoms with Crippen LogP contribution in [-0.2, 0) is 0 Å². The molecule has 0 aromatic heterocycles. The number of rotatable bonds is 3. The molecule has 2 rings (SSSR count). The normalized spacial score (nSPS) is 9.36. The molecule has 8 heteroatoms. The van der Waals surface area contributed by atoms with Gasteiger partial charge in [0.05, 0.1) is 15.6 Å². The van der Waals surface area contributed by atoms with Crippen molar-refractivity contribution in [2.75, 3.05) is 5.73 Å². The third-order valence-electron chi connectivity index (χ3n) is 2.46. The van der Waals surface area contributed by atoms with E-state index in [-0.39, 0.29) is 16.3 Å². The van der Waals surface area contributed by atoms with E-state index < -0.39 is 4.92 Å². The van der Waals surface area contributed by atoms with E-state index in [9.17, 15) is 19.7 Å². The zero-order valence-corrected chi connectivity index (χ0v) is 12.5. The minimum atomic E-state index is -0.630. The third kappa shape index (κ3) is 4.83. The summed E-state index contributed by atoms with van der Waals surface area (Å²) in [6, 6.07) is 8.63. The van der Waals surface area contributed by atoms with E-state index in [0.717, 1.165) is 12.4 Å². The van der Waals surface area contributed by atoms with Gasteiger partial charge in [-0.05, 0) is 24.3 Å². The van der Waals surface area contributed by atoms with Crippen LogP contribution in [0, 0.1) is 10.1 Å². The summed E-state index contributed by atoms with van der Waals surface area (Å²) in [5.74, 6) is 0. The molecule has 0 spiro atoms. The van der Waals surface area contributed by atoms with Crippen molar-refractivity contribution in [2.24, 2.45) is 0 Å². The van der Waals surface area contributed by atoms with Crippen molar-refractivity contribution in [1.29, 1.82) is 0 Å². The largest absolute Gasteiger partial charge is 0.398 e. The van der Waals surface area contributed by atoms with E-state index >= 15 is 0 Å². The molecule has 0 aliphatic rings. The molecule has 0 amide bonds. The topological polar surface area (TPSA) is 103 Å². The lowest BCUT2D eigenvalue weighted by Crippen LogP contribution is -1.90. The van der Waals surface area contributed by atoms with Crippen LogP contribution in [0.4, 0.5) is 11.4 Å². The number of aldehydes is 2. The van der Waals surface area contributed by atoms with Crippen LogP contribution in [0.1, 0.15) is 20.7 Å². The maximum absolute atomic E-state index is 10.3. The summed E-state index contributed by atoms with van der Waals surface area (Å²) >= 11 is 11.1. The molecule has 6 nitrogen and oxygen atoms in total. The minimum absolute atomic E-state index is 0.0330. The Morgan fingerprint density at radius 1 is 0.955 bits per heavy atom. The lowest BCUT2D eigenvalue weighted by Gasteiger charge is -1.95. The zero-order chi connectivity index (χ0) is 16.7. The molecule has 0 unspecified atom stereocenters. The molecule has 22 heavy (non-hydrogen) atoms. The van der Waals surface area contributed by atoms with Gasteiger partial charge in [-0.25, -0.2) is 0 Å². The first-order valence-corrected chi connectivity index (χ1v) is 6.54. The Kier molecular flexibility index (Phi) is 6.49. The molecule has 2 aromatic rings. The van der Waals surface area contributed by atoms with Crippen molar-refractivity contribution in [1.82, 2.24) is 0 Å². The Labute approximate surface area is 135 Å². The highest BCUT2D eigenvalue weighted by atomic mass is 35.5. The van der Waals surface area contributed by atoms with Crippen LogP contribution in [0.25, 0.3) is 0 Å². The summed E-state index contributed by atoms with van der Waals surface area (Å²) in [6.45, 7) is 0. The first-order valence-electron chi connectivity index (χ1n) is 5.78. The Hall–Kier alpha value is -2.44. The number of halogens is 2. The van der Waals surface area contributed by atoms with Gasteiger partial charge in [-0.2, -0.15) is 0 Å². The van der Waals surface area contributed by atoms with Crippen molar-refractivity contribution >= 4 is 47.1 Å². The van der Waals surface area contributed by atoms with E-state index in [1.165, 1.54) is 18.2 Å². The maximum Gasteiger partial charge on any atom is 0.288 e. The van der Waals surface area contributed by atoms with Crippen molar-refractivity contribution in [3.05, 3.63) is 67.7 Å². The van der Waals surface area contributed by atoms with Crippen LogP contribution in [0.3, 0.4) is 0 Å². The number of nitrogens with zero attached hydrogens (tertiary/aromatic N) is 1. The second kappa shape index (κ2) is 8.11. The monoisotopic (exact) mass is 340 g/mol. The van der Waals surface area contributed by atoms with E-state index in [2.05, 4.69) is 0 Å². The molecule has 0 radical (unpaired) electrons. The SMILES string of the molecule is Nc1cc(C=O)ccc1Cl.O=Cc1ccc(Cl)c([N+](=O)[O-])c1. The molecule has 114 valence electrons.